The standard InChI is InChI=1S/C18H23N3O5/c1-2-9-20-13-5-3-4-6-14(13)21(17(20)25)10-7-15(22)19-18(16(23)24)8-11-26-12-18/h3-6H,2,7-12H2,1H3,(H,19,22)(H,23,24). The van der Waals surface area contributed by atoms with Gasteiger partial charge < -0.3 is 15.2 Å². The SMILES string of the molecule is CCCn1c(=O)n(CCC(=O)NC2(C(=O)O)CCOC2)c2ccccc21. The summed E-state index contributed by atoms with van der Waals surface area (Å²) in [6, 6.07) is 7.47. The molecule has 1 saturated heterocycles. The van der Waals surface area contributed by atoms with Crippen LogP contribution >= 0.6 is 0 Å². The highest BCUT2D eigenvalue weighted by molar-refractivity contribution is 5.87. The number of carboxylic acids is 1. The maximum atomic E-state index is 12.7. The molecule has 1 aliphatic rings. The van der Waals surface area contributed by atoms with Gasteiger partial charge in [0, 0.05) is 32.5 Å². The highest BCUT2D eigenvalue weighted by atomic mass is 16.5. The first kappa shape index (κ1) is 18.2. The van der Waals surface area contributed by atoms with Gasteiger partial charge in [-0.1, -0.05) is 19.1 Å². The van der Waals surface area contributed by atoms with Crippen molar-refractivity contribution in [3.8, 4) is 0 Å². The maximum absolute atomic E-state index is 12.7. The minimum atomic E-state index is -1.36. The van der Waals surface area contributed by atoms with Gasteiger partial charge in [0.05, 0.1) is 17.6 Å². The van der Waals surface area contributed by atoms with Crippen LogP contribution in [-0.2, 0) is 27.4 Å². The van der Waals surface area contributed by atoms with Crippen LogP contribution in [0, 0.1) is 0 Å². The summed E-state index contributed by atoms with van der Waals surface area (Å²) in [6.07, 6.45) is 1.09. The molecule has 0 bridgehead atoms. The van der Waals surface area contributed by atoms with Gasteiger partial charge in [-0.25, -0.2) is 9.59 Å². The average molecular weight is 361 g/mol. The first-order chi connectivity index (χ1) is 12.5. The molecule has 1 aliphatic heterocycles. The maximum Gasteiger partial charge on any atom is 0.331 e. The second kappa shape index (κ2) is 7.33. The van der Waals surface area contributed by atoms with Crippen LogP contribution in [0.15, 0.2) is 29.1 Å². The molecule has 8 heteroatoms. The molecular formula is C18H23N3O5. The number of fused-ring (bicyclic) bond motifs is 1. The van der Waals surface area contributed by atoms with Crippen molar-refractivity contribution in [1.29, 1.82) is 0 Å². The zero-order valence-electron chi connectivity index (χ0n) is 14.7. The molecule has 1 atom stereocenters. The van der Waals surface area contributed by atoms with Gasteiger partial charge in [0.2, 0.25) is 5.91 Å². The first-order valence-corrected chi connectivity index (χ1v) is 8.79. The highest BCUT2D eigenvalue weighted by Crippen LogP contribution is 2.19. The van der Waals surface area contributed by atoms with Crippen LogP contribution in [0.25, 0.3) is 11.0 Å². The topological polar surface area (TPSA) is 103 Å². The summed E-state index contributed by atoms with van der Waals surface area (Å²) in [5, 5.41) is 12.0. The number of carboxylic acid groups (broad SMARTS) is 1. The molecule has 2 heterocycles. The Kier molecular flexibility index (Phi) is 5.13. The van der Waals surface area contributed by atoms with E-state index in [1.54, 1.807) is 9.13 Å². The predicted molar refractivity (Wildman–Crippen MR) is 95.1 cm³/mol. The van der Waals surface area contributed by atoms with E-state index < -0.39 is 17.4 Å². The van der Waals surface area contributed by atoms with Gasteiger partial charge >= 0.3 is 11.7 Å². The number of amides is 1. The molecule has 2 N–H and O–H groups in total. The van der Waals surface area contributed by atoms with E-state index in [2.05, 4.69) is 5.32 Å². The molecule has 1 amide bonds. The monoisotopic (exact) mass is 361 g/mol. The summed E-state index contributed by atoms with van der Waals surface area (Å²) in [6.45, 7) is 3.07. The van der Waals surface area contributed by atoms with Crippen molar-refractivity contribution >= 4 is 22.9 Å². The van der Waals surface area contributed by atoms with Crippen molar-refractivity contribution in [3.05, 3.63) is 34.7 Å². The third-order valence-electron chi connectivity index (χ3n) is 4.74. The molecule has 2 aromatic rings. The van der Waals surface area contributed by atoms with E-state index >= 15 is 0 Å². The number of carbonyl (C=O) groups is 2. The van der Waals surface area contributed by atoms with Crippen LogP contribution in [0.1, 0.15) is 26.2 Å². The molecule has 1 unspecified atom stereocenters. The van der Waals surface area contributed by atoms with E-state index in [0.29, 0.717) is 13.2 Å². The lowest BCUT2D eigenvalue weighted by molar-refractivity contribution is -0.147. The number of benzene rings is 1. The molecule has 140 valence electrons. The van der Waals surface area contributed by atoms with Gasteiger partial charge in [-0.2, -0.15) is 0 Å². The van der Waals surface area contributed by atoms with Crippen LogP contribution in [-0.4, -0.2) is 44.9 Å². The first-order valence-electron chi connectivity index (χ1n) is 8.79. The lowest BCUT2D eigenvalue weighted by Crippen LogP contribution is -2.55. The summed E-state index contributed by atoms with van der Waals surface area (Å²) >= 11 is 0. The zero-order chi connectivity index (χ0) is 18.7. The normalized spacial score (nSPS) is 19.7. The van der Waals surface area contributed by atoms with Crippen LogP contribution in [0.3, 0.4) is 0 Å². The fourth-order valence-electron chi connectivity index (χ4n) is 3.36. The third kappa shape index (κ3) is 3.24. The Bertz CT molecular complexity index is 877. The Morgan fingerprint density at radius 3 is 2.42 bits per heavy atom. The second-order valence-electron chi connectivity index (χ2n) is 6.56. The number of aromatic nitrogens is 2. The molecule has 26 heavy (non-hydrogen) atoms. The number of aryl methyl sites for hydroxylation is 2. The van der Waals surface area contributed by atoms with Crippen molar-refractivity contribution in [2.75, 3.05) is 13.2 Å². The number of carbonyl (C=O) groups excluding carboxylic acids is 1. The number of rotatable bonds is 7. The van der Waals surface area contributed by atoms with Gasteiger partial charge in [-0.3, -0.25) is 13.9 Å². The van der Waals surface area contributed by atoms with Gasteiger partial charge in [0.15, 0.2) is 5.54 Å². The summed E-state index contributed by atoms with van der Waals surface area (Å²) < 4.78 is 8.42. The number of nitrogens with zero attached hydrogens (tertiary/aromatic N) is 2. The van der Waals surface area contributed by atoms with Gasteiger partial charge in [-0.15, -0.1) is 0 Å². The van der Waals surface area contributed by atoms with E-state index in [-0.39, 0.29) is 31.7 Å². The van der Waals surface area contributed by atoms with Crippen molar-refractivity contribution in [2.24, 2.45) is 0 Å². The minimum absolute atomic E-state index is 0.0229. The Balaban J connectivity index is 1.77. The zero-order valence-corrected chi connectivity index (χ0v) is 14.7. The predicted octanol–water partition coefficient (Wildman–Crippen LogP) is 0.963. The number of aliphatic carboxylic acids is 1. The lowest BCUT2D eigenvalue weighted by atomic mass is 9.99. The number of imidazole rings is 1. The Hall–Kier alpha value is -2.61. The fourth-order valence-corrected chi connectivity index (χ4v) is 3.36. The summed E-state index contributed by atoms with van der Waals surface area (Å²) in [5.74, 6) is -1.50. The summed E-state index contributed by atoms with van der Waals surface area (Å²) in [7, 11) is 0. The third-order valence-corrected chi connectivity index (χ3v) is 4.74. The second-order valence-corrected chi connectivity index (χ2v) is 6.56. The molecule has 0 radical (unpaired) electrons. The molecular weight excluding hydrogens is 338 g/mol. The largest absolute Gasteiger partial charge is 0.479 e. The van der Waals surface area contributed by atoms with E-state index in [0.717, 1.165) is 17.5 Å². The highest BCUT2D eigenvalue weighted by Gasteiger charge is 2.43. The van der Waals surface area contributed by atoms with E-state index in [1.807, 2.05) is 31.2 Å². The average Bonchev–Trinajstić information content (AvgIpc) is 3.19. The minimum Gasteiger partial charge on any atom is -0.479 e. The number of nitrogens with one attached hydrogen (secondary N) is 1. The molecule has 3 rings (SSSR count). The smallest absolute Gasteiger partial charge is 0.331 e. The Morgan fingerprint density at radius 1 is 1.23 bits per heavy atom. The van der Waals surface area contributed by atoms with Crippen LogP contribution in [0.5, 0.6) is 0 Å². The number of para-hydroxylation sites is 2. The van der Waals surface area contributed by atoms with Gasteiger partial charge in [0.25, 0.3) is 0 Å². The number of ether oxygens (including phenoxy) is 1. The van der Waals surface area contributed by atoms with Crippen LogP contribution in [0.4, 0.5) is 0 Å². The molecule has 1 aromatic carbocycles. The summed E-state index contributed by atoms with van der Waals surface area (Å²) in [5.41, 5.74) is 0.0954. The summed E-state index contributed by atoms with van der Waals surface area (Å²) in [4.78, 5) is 36.5. The molecule has 0 spiro atoms. The van der Waals surface area contributed by atoms with E-state index in [4.69, 9.17) is 4.74 Å². The van der Waals surface area contributed by atoms with E-state index in [1.165, 1.54) is 0 Å². The van der Waals surface area contributed by atoms with Crippen LogP contribution in [0.2, 0.25) is 0 Å². The van der Waals surface area contributed by atoms with Crippen molar-refractivity contribution in [1.82, 2.24) is 14.5 Å². The fraction of sp³-hybridized carbons (Fsp3) is 0.500. The molecule has 8 nitrogen and oxygen atoms in total. The van der Waals surface area contributed by atoms with Gasteiger partial charge in [0.1, 0.15) is 0 Å². The quantitative estimate of drug-likeness (QED) is 0.765. The van der Waals surface area contributed by atoms with Crippen molar-refractivity contribution in [2.45, 2.75) is 44.8 Å². The lowest BCUT2D eigenvalue weighted by Gasteiger charge is -2.23. The Morgan fingerprint density at radius 2 is 1.88 bits per heavy atom. The van der Waals surface area contributed by atoms with Gasteiger partial charge in [-0.05, 0) is 18.6 Å². The van der Waals surface area contributed by atoms with Crippen molar-refractivity contribution < 1.29 is 19.4 Å². The van der Waals surface area contributed by atoms with Crippen molar-refractivity contribution in [3.63, 3.8) is 0 Å². The molecule has 1 aromatic heterocycles. The number of hydrogen-bond donors (Lipinski definition) is 2. The molecule has 0 aliphatic carbocycles. The Labute approximate surface area is 150 Å². The van der Waals surface area contributed by atoms with E-state index in [9.17, 15) is 19.5 Å². The molecule has 0 saturated carbocycles. The number of hydrogen-bond acceptors (Lipinski definition) is 4. The van der Waals surface area contributed by atoms with Crippen LogP contribution < -0.4 is 11.0 Å². The molecule has 1 fully saturated rings.